The summed E-state index contributed by atoms with van der Waals surface area (Å²) in [5, 5.41) is 3.26. The van der Waals surface area contributed by atoms with E-state index in [-0.39, 0.29) is 11.6 Å². The van der Waals surface area contributed by atoms with Gasteiger partial charge >= 0.3 is 0 Å². The van der Waals surface area contributed by atoms with E-state index in [1.165, 1.54) is 29.8 Å². The molecule has 3 aromatic carbocycles. The van der Waals surface area contributed by atoms with Gasteiger partial charge in [-0.05, 0) is 98.4 Å². The molecule has 146 valence electrons. The lowest BCUT2D eigenvalue weighted by atomic mass is 9.93. The molecule has 0 unspecified atom stereocenters. The number of rotatable bonds is 9. The van der Waals surface area contributed by atoms with E-state index in [0.29, 0.717) is 11.7 Å². The van der Waals surface area contributed by atoms with Gasteiger partial charge < -0.3 is 10.1 Å². The van der Waals surface area contributed by atoms with Gasteiger partial charge in [-0.25, -0.2) is 8.78 Å². The Labute approximate surface area is 165 Å². The molecule has 3 aromatic rings. The minimum atomic E-state index is -0.278. The van der Waals surface area contributed by atoms with Gasteiger partial charge in [0, 0.05) is 0 Å². The van der Waals surface area contributed by atoms with Gasteiger partial charge in [0.05, 0.1) is 0 Å². The van der Waals surface area contributed by atoms with Crippen molar-refractivity contribution in [2.45, 2.75) is 19.3 Å². The highest BCUT2D eigenvalue weighted by Gasteiger charge is 2.10. The highest BCUT2D eigenvalue weighted by atomic mass is 19.1. The van der Waals surface area contributed by atoms with Crippen molar-refractivity contribution in [1.82, 2.24) is 5.32 Å². The number of nitrogens with one attached hydrogen (secondary N) is 1. The van der Waals surface area contributed by atoms with Gasteiger partial charge in [0.15, 0.2) is 0 Å². The standard InChI is InChI=1S/C24H25F2NO/c1-27-17-20(16-19-4-8-21(25)9-5-19)3-2-18-6-12-23(13-7-18)28-24-14-10-22(26)11-15-24/h4-15,20,27H,2-3,16-17H2,1H3/t20-/m1/s1. The van der Waals surface area contributed by atoms with Gasteiger partial charge in [0.1, 0.15) is 23.1 Å². The first-order valence-electron chi connectivity index (χ1n) is 9.54. The Balaban J connectivity index is 1.54. The van der Waals surface area contributed by atoms with E-state index in [0.717, 1.165) is 37.1 Å². The van der Waals surface area contributed by atoms with Crippen molar-refractivity contribution in [3.8, 4) is 11.5 Å². The largest absolute Gasteiger partial charge is 0.457 e. The average molecular weight is 381 g/mol. The van der Waals surface area contributed by atoms with E-state index in [1.807, 2.05) is 31.3 Å². The van der Waals surface area contributed by atoms with Crippen LogP contribution in [-0.2, 0) is 12.8 Å². The fourth-order valence-corrected chi connectivity index (χ4v) is 3.25. The predicted octanol–water partition coefficient (Wildman–Crippen LogP) is 5.77. The van der Waals surface area contributed by atoms with Crippen LogP contribution in [0.5, 0.6) is 11.5 Å². The van der Waals surface area contributed by atoms with Gasteiger partial charge in [0.2, 0.25) is 0 Å². The number of hydrogen-bond acceptors (Lipinski definition) is 2. The van der Waals surface area contributed by atoms with Gasteiger partial charge in [-0.15, -0.1) is 0 Å². The molecular formula is C24H25F2NO. The van der Waals surface area contributed by atoms with E-state index in [1.54, 1.807) is 12.1 Å². The van der Waals surface area contributed by atoms with Crippen molar-refractivity contribution in [2.75, 3.05) is 13.6 Å². The normalized spacial score (nSPS) is 12.0. The second-order valence-corrected chi connectivity index (χ2v) is 6.99. The molecule has 0 amide bonds. The van der Waals surface area contributed by atoms with Crippen molar-refractivity contribution in [1.29, 1.82) is 0 Å². The monoisotopic (exact) mass is 381 g/mol. The van der Waals surface area contributed by atoms with Crippen molar-refractivity contribution >= 4 is 0 Å². The summed E-state index contributed by atoms with van der Waals surface area (Å²) in [6.45, 7) is 0.920. The van der Waals surface area contributed by atoms with Crippen molar-refractivity contribution in [3.05, 3.63) is 95.6 Å². The van der Waals surface area contributed by atoms with Gasteiger partial charge in [-0.3, -0.25) is 0 Å². The predicted molar refractivity (Wildman–Crippen MR) is 109 cm³/mol. The lowest BCUT2D eigenvalue weighted by Crippen LogP contribution is -2.21. The SMILES string of the molecule is CNC[C@H](CCc1ccc(Oc2ccc(F)cc2)cc1)Cc1ccc(F)cc1. The van der Waals surface area contributed by atoms with Crippen LogP contribution >= 0.6 is 0 Å². The smallest absolute Gasteiger partial charge is 0.127 e. The summed E-state index contributed by atoms with van der Waals surface area (Å²) < 4.78 is 31.8. The minimum absolute atomic E-state index is 0.197. The van der Waals surface area contributed by atoms with Crippen LogP contribution in [0.4, 0.5) is 8.78 Å². The van der Waals surface area contributed by atoms with Crippen molar-refractivity contribution < 1.29 is 13.5 Å². The number of ether oxygens (including phenoxy) is 1. The third-order valence-corrected chi connectivity index (χ3v) is 4.74. The van der Waals surface area contributed by atoms with E-state index in [9.17, 15) is 8.78 Å². The molecule has 3 rings (SSSR count). The van der Waals surface area contributed by atoms with Crippen LogP contribution in [0, 0.1) is 17.6 Å². The first-order chi connectivity index (χ1) is 13.6. The molecular weight excluding hydrogens is 356 g/mol. The maximum atomic E-state index is 13.1. The molecule has 4 heteroatoms. The first kappa shape index (κ1) is 20.0. The highest BCUT2D eigenvalue weighted by molar-refractivity contribution is 5.33. The zero-order valence-corrected chi connectivity index (χ0v) is 16.0. The molecule has 0 spiro atoms. The summed E-state index contributed by atoms with van der Waals surface area (Å²) in [5.74, 6) is 1.35. The maximum Gasteiger partial charge on any atom is 0.127 e. The highest BCUT2D eigenvalue weighted by Crippen LogP contribution is 2.23. The van der Waals surface area contributed by atoms with E-state index in [2.05, 4.69) is 17.4 Å². The fraction of sp³-hybridized carbons (Fsp3) is 0.250. The third-order valence-electron chi connectivity index (χ3n) is 4.74. The average Bonchev–Trinajstić information content (AvgIpc) is 2.71. The summed E-state index contributed by atoms with van der Waals surface area (Å²) in [6.07, 6.45) is 2.92. The summed E-state index contributed by atoms with van der Waals surface area (Å²) in [6, 6.07) is 20.7. The minimum Gasteiger partial charge on any atom is -0.457 e. The molecule has 0 saturated heterocycles. The molecule has 0 aliphatic carbocycles. The molecule has 0 aromatic heterocycles. The Bertz CT molecular complexity index is 845. The molecule has 0 radical (unpaired) electrons. The molecule has 2 nitrogen and oxygen atoms in total. The van der Waals surface area contributed by atoms with Crippen LogP contribution in [0.2, 0.25) is 0 Å². The van der Waals surface area contributed by atoms with Gasteiger partial charge in [-0.1, -0.05) is 24.3 Å². The number of halogens is 2. The Morgan fingerprint density at radius 2 is 1.25 bits per heavy atom. The molecule has 0 aliphatic heterocycles. The summed E-state index contributed by atoms with van der Waals surface area (Å²) in [5.41, 5.74) is 2.40. The van der Waals surface area contributed by atoms with Crippen molar-refractivity contribution in [2.24, 2.45) is 5.92 Å². The number of hydrogen-bond donors (Lipinski definition) is 1. The first-order valence-corrected chi connectivity index (χ1v) is 9.54. The van der Waals surface area contributed by atoms with Crippen LogP contribution < -0.4 is 10.1 Å². The molecule has 0 heterocycles. The molecule has 0 fully saturated rings. The van der Waals surface area contributed by atoms with Gasteiger partial charge in [0.25, 0.3) is 0 Å². The molecule has 1 atom stereocenters. The maximum absolute atomic E-state index is 13.1. The topological polar surface area (TPSA) is 21.3 Å². The van der Waals surface area contributed by atoms with E-state index < -0.39 is 0 Å². The Morgan fingerprint density at radius 1 is 0.750 bits per heavy atom. The van der Waals surface area contributed by atoms with Gasteiger partial charge in [-0.2, -0.15) is 0 Å². The van der Waals surface area contributed by atoms with E-state index in [4.69, 9.17) is 4.74 Å². The Hall–Kier alpha value is -2.72. The third kappa shape index (κ3) is 6.17. The van der Waals surface area contributed by atoms with Crippen LogP contribution in [0.1, 0.15) is 17.5 Å². The van der Waals surface area contributed by atoms with Crippen LogP contribution in [0.25, 0.3) is 0 Å². The lowest BCUT2D eigenvalue weighted by molar-refractivity contribution is 0.460. The zero-order valence-electron chi connectivity index (χ0n) is 16.0. The van der Waals surface area contributed by atoms with Crippen LogP contribution in [-0.4, -0.2) is 13.6 Å². The zero-order chi connectivity index (χ0) is 19.8. The second kappa shape index (κ2) is 10.00. The summed E-state index contributed by atoms with van der Waals surface area (Å²) >= 11 is 0. The van der Waals surface area contributed by atoms with Crippen LogP contribution in [0.15, 0.2) is 72.8 Å². The molecule has 0 bridgehead atoms. The van der Waals surface area contributed by atoms with E-state index >= 15 is 0 Å². The summed E-state index contributed by atoms with van der Waals surface area (Å²) in [4.78, 5) is 0. The fourth-order valence-electron chi connectivity index (χ4n) is 3.25. The Kier molecular flexibility index (Phi) is 7.15. The lowest BCUT2D eigenvalue weighted by Gasteiger charge is -2.17. The summed E-state index contributed by atoms with van der Waals surface area (Å²) in [7, 11) is 1.96. The van der Waals surface area contributed by atoms with Crippen LogP contribution in [0.3, 0.4) is 0 Å². The molecule has 1 N–H and O–H groups in total. The molecule has 28 heavy (non-hydrogen) atoms. The molecule has 0 saturated carbocycles. The quantitative estimate of drug-likeness (QED) is 0.508. The second-order valence-electron chi connectivity index (χ2n) is 6.99. The van der Waals surface area contributed by atoms with Crippen molar-refractivity contribution in [3.63, 3.8) is 0 Å². The number of aryl methyl sites for hydroxylation is 1. The molecule has 0 aliphatic rings. The number of benzene rings is 3. The Morgan fingerprint density at radius 3 is 1.82 bits per heavy atom.